The first-order valence-corrected chi connectivity index (χ1v) is 11.8. The molecule has 0 amide bonds. The molecule has 6 heteroatoms. The zero-order valence-electron chi connectivity index (χ0n) is 18.2. The van der Waals surface area contributed by atoms with E-state index < -0.39 is 14.2 Å². The van der Waals surface area contributed by atoms with Gasteiger partial charge in [-0.15, -0.1) is 0 Å². The quantitative estimate of drug-likeness (QED) is 0.293. The first-order chi connectivity index (χ1) is 15.6. The maximum atomic E-state index is 12.4. The molecule has 0 unspecified atom stereocenters. The van der Waals surface area contributed by atoms with Crippen LogP contribution in [0.2, 0.25) is 0 Å². The van der Waals surface area contributed by atoms with Crippen molar-refractivity contribution in [2.45, 2.75) is 19.9 Å². The number of esters is 1. The molecule has 0 aliphatic rings. The van der Waals surface area contributed by atoms with Crippen LogP contribution in [0.15, 0.2) is 81.2 Å². The van der Waals surface area contributed by atoms with E-state index in [-0.39, 0.29) is 11.9 Å². The van der Waals surface area contributed by atoms with Gasteiger partial charge in [-0.1, -0.05) is 74.5 Å². The van der Waals surface area contributed by atoms with Crippen LogP contribution in [-0.4, -0.2) is 19.1 Å². The zero-order valence-corrected chi connectivity index (χ0v) is 19.1. The summed E-state index contributed by atoms with van der Waals surface area (Å²) in [5.74, 6) is -0.330. The van der Waals surface area contributed by atoms with E-state index in [1.807, 2.05) is 50.2 Å². The molecule has 0 saturated heterocycles. The minimum atomic E-state index is -1.64. The summed E-state index contributed by atoms with van der Waals surface area (Å²) in [6.45, 7) is 3.93. The molecule has 0 spiro atoms. The highest BCUT2D eigenvalue weighted by atomic mass is 31.1. The summed E-state index contributed by atoms with van der Waals surface area (Å²) in [6.07, 6.45) is 0. The van der Waals surface area contributed by atoms with Crippen LogP contribution >= 0.6 is 8.16 Å². The van der Waals surface area contributed by atoms with E-state index in [2.05, 4.69) is 41.5 Å². The molecule has 1 N–H and O–H groups in total. The number of fused-ring (bicyclic) bond motifs is 7. The Bertz CT molecular complexity index is 1410. The smallest absolute Gasteiger partial charge is 0.323 e. The first-order valence-electron chi connectivity index (χ1n) is 10.6. The van der Waals surface area contributed by atoms with Crippen LogP contribution in [0, 0.1) is 5.92 Å². The highest BCUT2D eigenvalue weighted by Crippen LogP contribution is 2.40. The topological polar surface area (TPSA) is 64.6 Å². The van der Waals surface area contributed by atoms with E-state index >= 15 is 0 Å². The van der Waals surface area contributed by atoms with Gasteiger partial charge in [0.15, 0.2) is 0 Å². The van der Waals surface area contributed by atoms with Crippen LogP contribution in [0.5, 0.6) is 0 Å². The summed E-state index contributed by atoms with van der Waals surface area (Å²) in [6, 6.07) is 24.1. The van der Waals surface area contributed by atoms with Gasteiger partial charge in [0, 0.05) is 10.8 Å². The van der Waals surface area contributed by atoms with Crippen LogP contribution in [0.3, 0.4) is 0 Å². The monoisotopic (exact) mass is 445 g/mol. The molecule has 5 aromatic rings. The zero-order chi connectivity index (χ0) is 22.2. The summed E-state index contributed by atoms with van der Waals surface area (Å²) in [5, 5.41) is 9.71. The molecule has 32 heavy (non-hydrogen) atoms. The van der Waals surface area contributed by atoms with Gasteiger partial charge in [-0.3, -0.25) is 4.79 Å². The van der Waals surface area contributed by atoms with E-state index in [4.69, 9.17) is 13.1 Å². The van der Waals surface area contributed by atoms with Crippen LogP contribution in [0.25, 0.3) is 43.5 Å². The summed E-state index contributed by atoms with van der Waals surface area (Å²) < 4.78 is 17.8. The summed E-state index contributed by atoms with van der Waals surface area (Å²) >= 11 is 0. The van der Waals surface area contributed by atoms with Gasteiger partial charge < -0.3 is 13.1 Å². The number of methoxy groups -OCH3 is 1. The van der Waals surface area contributed by atoms with Crippen molar-refractivity contribution in [3.8, 4) is 0 Å². The third-order valence-electron chi connectivity index (χ3n) is 5.76. The number of carbonyl (C=O) groups is 1. The van der Waals surface area contributed by atoms with E-state index in [0.717, 1.165) is 43.5 Å². The average Bonchev–Trinajstić information content (AvgIpc) is 2.98. The van der Waals surface area contributed by atoms with Gasteiger partial charge in [-0.25, -0.2) is 5.09 Å². The number of ether oxygens (including phenoxy) is 1. The van der Waals surface area contributed by atoms with Gasteiger partial charge >= 0.3 is 14.1 Å². The molecule has 1 aromatic heterocycles. The Balaban J connectivity index is 1.91. The van der Waals surface area contributed by atoms with Crippen LogP contribution < -0.4 is 5.09 Å². The molecule has 0 fully saturated rings. The Morgan fingerprint density at radius 3 is 1.78 bits per heavy atom. The average molecular weight is 445 g/mol. The van der Waals surface area contributed by atoms with E-state index in [1.54, 1.807) is 0 Å². The first kappa shape index (κ1) is 20.6. The molecule has 0 radical (unpaired) electrons. The van der Waals surface area contributed by atoms with Crippen molar-refractivity contribution < 1.29 is 17.9 Å². The molecule has 0 aliphatic carbocycles. The maximum Gasteiger partial charge on any atom is 0.323 e. The summed E-state index contributed by atoms with van der Waals surface area (Å²) in [7, 11) is -0.250. The van der Waals surface area contributed by atoms with Gasteiger partial charge in [0.25, 0.3) is 0 Å². The minimum Gasteiger partial charge on any atom is -0.468 e. The van der Waals surface area contributed by atoms with Gasteiger partial charge in [-0.05, 0) is 39.6 Å². The minimum absolute atomic E-state index is 0.00699. The fourth-order valence-corrected chi connectivity index (χ4v) is 5.57. The van der Waals surface area contributed by atoms with Gasteiger partial charge in [0.05, 0.1) is 7.11 Å². The molecule has 5 nitrogen and oxygen atoms in total. The van der Waals surface area contributed by atoms with Gasteiger partial charge in [0.2, 0.25) is 0 Å². The number of nitrogens with one attached hydrogen (secondary N) is 1. The highest BCUT2D eigenvalue weighted by molar-refractivity contribution is 7.38. The molecule has 0 aliphatic heterocycles. The number of rotatable bonds is 4. The number of benzene rings is 4. The van der Waals surface area contributed by atoms with Crippen molar-refractivity contribution in [3.05, 3.63) is 72.8 Å². The fraction of sp³-hybridized carbons (Fsp3) is 0.192. The molecule has 0 bridgehead atoms. The Morgan fingerprint density at radius 1 is 0.812 bits per heavy atom. The molecule has 1 heterocycles. The van der Waals surface area contributed by atoms with Crippen molar-refractivity contribution in [1.29, 1.82) is 0 Å². The van der Waals surface area contributed by atoms with Gasteiger partial charge in [-0.2, -0.15) is 0 Å². The fourth-order valence-electron chi connectivity index (χ4n) is 4.14. The highest BCUT2D eigenvalue weighted by Gasteiger charge is 2.25. The standard InChI is InChI=1S/C26H24NO4P/c1-16(2)25(26(28)29-3)27-32-30-21-14-12-17-8-4-6-10-19(17)23(21)24-20-11-7-5-9-18(20)13-15-22(24)31-32/h4-16,25,27H,1-3H3/t25-/m0/s1. The number of carbonyl (C=O) groups excluding carboxylic acids is 1. The molecule has 4 aromatic carbocycles. The lowest BCUT2D eigenvalue weighted by Gasteiger charge is -2.17. The second-order valence-electron chi connectivity index (χ2n) is 8.13. The normalized spacial score (nSPS) is 12.6. The van der Waals surface area contributed by atoms with Crippen molar-refractivity contribution >= 4 is 57.6 Å². The predicted octanol–water partition coefficient (Wildman–Crippen LogP) is 7.34. The Hall–Kier alpha value is -3.27. The van der Waals surface area contributed by atoms with E-state index in [0.29, 0.717) is 0 Å². The van der Waals surface area contributed by atoms with Gasteiger partial charge in [0.1, 0.15) is 17.2 Å². The number of hydrogen-bond acceptors (Lipinski definition) is 5. The molecule has 162 valence electrons. The lowest BCUT2D eigenvalue weighted by Crippen LogP contribution is -2.34. The lowest BCUT2D eigenvalue weighted by molar-refractivity contribution is -0.142. The third-order valence-corrected chi connectivity index (χ3v) is 6.97. The summed E-state index contributed by atoms with van der Waals surface area (Å²) in [5.41, 5.74) is 1.45. The number of hydrogen-bond donors (Lipinski definition) is 1. The molecular formula is C26H24NO4P. The van der Waals surface area contributed by atoms with Crippen LogP contribution in [-0.2, 0) is 9.53 Å². The largest absolute Gasteiger partial charge is 0.468 e. The van der Waals surface area contributed by atoms with Crippen molar-refractivity contribution in [1.82, 2.24) is 0 Å². The third kappa shape index (κ3) is 3.54. The van der Waals surface area contributed by atoms with Crippen LogP contribution in [0.4, 0.5) is 0 Å². The Labute approximate surface area is 186 Å². The Kier molecular flexibility index (Phi) is 5.38. The lowest BCUT2D eigenvalue weighted by atomic mass is 9.99. The second kappa shape index (κ2) is 8.34. The van der Waals surface area contributed by atoms with E-state index in [1.165, 1.54) is 7.11 Å². The Morgan fingerprint density at radius 2 is 1.31 bits per heavy atom. The second-order valence-corrected chi connectivity index (χ2v) is 9.27. The SMILES string of the molecule is COC(=O)[C@@H](Np1oc2ccc3ccccc3c2c2c(ccc3ccccc32)o1)C(C)C. The molecular weight excluding hydrogens is 421 g/mol. The molecule has 1 atom stereocenters. The van der Waals surface area contributed by atoms with Crippen molar-refractivity contribution in [3.63, 3.8) is 0 Å². The molecule has 5 rings (SSSR count). The molecule has 0 saturated carbocycles. The van der Waals surface area contributed by atoms with Crippen molar-refractivity contribution in [2.24, 2.45) is 5.92 Å². The van der Waals surface area contributed by atoms with Crippen LogP contribution in [0.1, 0.15) is 13.8 Å². The maximum absolute atomic E-state index is 12.4. The summed E-state index contributed by atoms with van der Waals surface area (Å²) in [4.78, 5) is 12.4. The predicted molar refractivity (Wildman–Crippen MR) is 131 cm³/mol. The van der Waals surface area contributed by atoms with E-state index in [9.17, 15) is 4.79 Å². The van der Waals surface area contributed by atoms with Crippen molar-refractivity contribution in [2.75, 3.05) is 12.2 Å².